The van der Waals surface area contributed by atoms with Crippen molar-refractivity contribution in [2.75, 3.05) is 11.9 Å². The van der Waals surface area contributed by atoms with E-state index in [9.17, 15) is 4.39 Å². The Balaban J connectivity index is 2.47. The summed E-state index contributed by atoms with van der Waals surface area (Å²) in [5.74, 6) is -0.205. The topological polar surface area (TPSA) is 78.9 Å². The number of para-hydroxylation sites is 1. The van der Waals surface area contributed by atoms with Crippen LogP contribution in [0.15, 0.2) is 30.3 Å². The molecular weight excluding hydrogens is 245 g/mol. The van der Waals surface area contributed by atoms with E-state index in [4.69, 9.17) is 11.1 Å². The molecule has 0 aliphatic rings. The lowest BCUT2D eigenvalue weighted by Gasteiger charge is -2.18. The van der Waals surface area contributed by atoms with E-state index in [1.807, 2.05) is 0 Å². The Morgan fingerprint density at radius 2 is 2.00 bits per heavy atom. The fraction of sp³-hybridized carbons (Fsp3) is 0.154. The van der Waals surface area contributed by atoms with Crippen molar-refractivity contribution in [2.45, 2.75) is 6.92 Å². The number of amidine groups is 1. The number of hydrogen-bond acceptors (Lipinski definition) is 4. The first-order chi connectivity index (χ1) is 8.99. The van der Waals surface area contributed by atoms with Crippen LogP contribution in [0, 0.1) is 18.2 Å². The second kappa shape index (κ2) is 5.01. The highest BCUT2D eigenvalue weighted by Crippen LogP contribution is 2.23. The van der Waals surface area contributed by atoms with Gasteiger partial charge in [-0.15, -0.1) is 0 Å². The Bertz CT molecular complexity index is 626. The van der Waals surface area contributed by atoms with Gasteiger partial charge in [-0.2, -0.15) is 0 Å². The fourth-order valence-corrected chi connectivity index (χ4v) is 1.67. The molecule has 2 aromatic rings. The maximum atomic E-state index is 13.7. The first-order valence-corrected chi connectivity index (χ1v) is 5.67. The van der Waals surface area contributed by atoms with Gasteiger partial charge < -0.3 is 10.6 Å². The quantitative estimate of drug-likeness (QED) is 0.652. The predicted octanol–water partition coefficient (Wildman–Crippen LogP) is 1.98. The van der Waals surface area contributed by atoms with Crippen LogP contribution >= 0.6 is 0 Å². The van der Waals surface area contributed by atoms with Gasteiger partial charge in [0.1, 0.15) is 17.3 Å². The zero-order chi connectivity index (χ0) is 14.0. The summed E-state index contributed by atoms with van der Waals surface area (Å²) >= 11 is 0. The van der Waals surface area contributed by atoms with Crippen LogP contribution in [0.4, 0.5) is 16.0 Å². The van der Waals surface area contributed by atoms with Crippen LogP contribution in [0.1, 0.15) is 11.4 Å². The molecule has 0 aliphatic heterocycles. The molecule has 98 valence electrons. The highest BCUT2D eigenvalue weighted by molar-refractivity contribution is 5.93. The van der Waals surface area contributed by atoms with Gasteiger partial charge in [-0.1, -0.05) is 12.1 Å². The minimum absolute atomic E-state index is 0.145. The third-order valence-electron chi connectivity index (χ3n) is 2.63. The van der Waals surface area contributed by atoms with Crippen molar-refractivity contribution in [1.82, 2.24) is 9.97 Å². The molecule has 0 amide bonds. The maximum absolute atomic E-state index is 13.7. The van der Waals surface area contributed by atoms with E-state index in [0.29, 0.717) is 23.0 Å². The first kappa shape index (κ1) is 12.9. The van der Waals surface area contributed by atoms with E-state index in [-0.39, 0.29) is 11.7 Å². The number of anilines is 2. The van der Waals surface area contributed by atoms with Crippen LogP contribution in [0.5, 0.6) is 0 Å². The van der Waals surface area contributed by atoms with Gasteiger partial charge in [0.2, 0.25) is 5.95 Å². The molecule has 3 N–H and O–H groups in total. The predicted molar refractivity (Wildman–Crippen MR) is 72.2 cm³/mol. The SMILES string of the molecule is Cc1cc(C(=N)N)nc(N(C)c2ccccc2F)n1. The number of rotatable bonds is 3. The Morgan fingerprint density at radius 3 is 2.63 bits per heavy atom. The highest BCUT2D eigenvalue weighted by Gasteiger charge is 2.13. The number of benzene rings is 1. The normalized spacial score (nSPS) is 10.3. The second-order valence-corrected chi connectivity index (χ2v) is 4.12. The van der Waals surface area contributed by atoms with E-state index in [1.54, 1.807) is 38.2 Å². The van der Waals surface area contributed by atoms with Crippen molar-refractivity contribution in [2.24, 2.45) is 5.73 Å². The van der Waals surface area contributed by atoms with Gasteiger partial charge in [-0.05, 0) is 25.1 Å². The Morgan fingerprint density at radius 1 is 1.32 bits per heavy atom. The summed E-state index contributed by atoms with van der Waals surface area (Å²) in [6.45, 7) is 1.77. The van der Waals surface area contributed by atoms with Crippen LogP contribution in [0.3, 0.4) is 0 Å². The van der Waals surface area contributed by atoms with Crippen molar-refractivity contribution >= 4 is 17.5 Å². The summed E-state index contributed by atoms with van der Waals surface area (Å²) in [7, 11) is 1.66. The molecule has 0 fully saturated rings. The molecule has 0 aliphatic carbocycles. The fourth-order valence-electron chi connectivity index (χ4n) is 1.67. The zero-order valence-electron chi connectivity index (χ0n) is 10.7. The summed E-state index contributed by atoms with van der Waals surface area (Å²) in [5.41, 5.74) is 6.77. The molecule has 0 radical (unpaired) electrons. The van der Waals surface area contributed by atoms with Crippen LogP contribution < -0.4 is 10.6 Å². The van der Waals surface area contributed by atoms with Crippen LogP contribution in [-0.4, -0.2) is 22.9 Å². The van der Waals surface area contributed by atoms with E-state index in [1.165, 1.54) is 11.0 Å². The molecule has 5 nitrogen and oxygen atoms in total. The third-order valence-corrected chi connectivity index (χ3v) is 2.63. The molecule has 1 heterocycles. The van der Waals surface area contributed by atoms with Crippen molar-refractivity contribution in [3.05, 3.63) is 47.5 Å². The van der Waals surface area contributed by atoms with Crippen LogP contribution in [0.2, 0.25) is 0 Å². The lowest BCUT2D eigenvalue weighted by molar-refractivity contribution is 0.627. The standard InChI is InChI=1S/C13H14FN5/c1-8-7-10(12(15)16)18-13(17-8)19(2)11-6-4-3-5-9(11)14/h3-7H,1-2H3,(H3,15,16). The number of hydrogen-bond donors (Lipinski definition) is 2. The smallest absolute Gasteiger partial charge is 0.230 e. The van der Waals surface area contributed by atoms with Gasteiger partial charge >= 0.3 is 0 Å². The molecule has 0 saturated heterocycles. The minimum atomic E-state index is -0.362. The number of halogens is 1. The van der Waals surface area contributed by atoms with Crippen molar-refractivity contribution in [1.29, 1.82) is 5.41 Å². The molecule has 0 atom stereocenters. The van der Waals surface area contributed by atoms with Crippen LogP contribution in [0.25, 0.3) is 0 Å². The average molecular weight is 259 g/mol. The van der Waals surface area contributed by atoms with Gasteiger partial charge in [0.05, 0.1) is 5.69 Å². The van der Waals surface area contributed by atoms with Crippen LogP contribution in [-0.2, 0) is 0 Å². The number of nitrogens with two attached hydrogens (primary N) is 1. The molecule has 0 saturated carbocycles. The Kier molecular flexibility index (Phi) is 3.41. The van der Waals surface area contributed by atoms with Gasteiger partial charge in [0.15, 0.2) is 0 Å². The number of aryl methyl sites for hydroxylation is 1. The summed E-state index contributed by atoms with van der Waals surface area (Å²) in [4.78, 5) is 9.90. The summed E-state index contributed by atoms with van der Waals surface area (Å²) in [5, 5.41) is 7.41. The molecule has 2 rings (SSSR count). The Labute approximate surface area is 110 Å². The number of nitrogens with zero attached hydrogens (tertiary/aromatic N) is 3. The molecule has 19 heavy (non-hydrogen) atoms. The molecular formula is C13H14FN5. The summed E-state index contributed by atoms with van der Waals surface area (Å²) in [6, 6.07) is 7.96. The van der Waals surface area contributed by atoms with Crippen molar-refractivity contribution in [3.8, 4) is 0 Å². The lowest BCUT2D eigenvalue weighted by Crippen LogP contribution is -2.19. The van der Waals surface area contributed by atoms with E-state index in [2.05, 4.69) is 9.97 Å². The van der Waals surface area contributed by atoms with Crippen molar-refractivity contribution < 1.29 is 4.39 Å². The first-order valence-electron chi connectivity index (χ1n) is 5.67. The minimum Gasteiger partial charge on any atom is -0.382 e. The van der Waals surface area contributed by atoms with Gasteiger partial charge in [-0.25, -0.2) is 14.4 Å². The number of aromatic nitrogens is 2. The van der Waals surface area contributed by atoms with Crippen molar-refractivity contribution in [3.63, 3.8) is 0 Å². The molecule has 0 unspecified atom stereocenters. The molecule has 0 bridgehead atoms. The largest absolute Gasteiger partial charge is 0.382 e. The zero-order valence-corrected chi connectivity index (χ0v) is 10.7. The number of nitrogens with one attached hydrogen (secondary N) is 1. The van der Waals surface area contributed by atoms with Gasteiger partial charge in [-0.3, -0.25) is 5.41 Å². The van der Waals surface area contributed by atoms with E-state index in [0.717, 1.165) is 0 Å². The van der Waals surface area contributed by atoms with E-state index < -0.39 is 0 Å². The Hall–Kier alpha value is -2.50. The lowest BCUT2D eigenvalue weighted by atomic mass is 10.3. The van der Waals surface area contributed by atoms with E-state index >= 15 is 0 Å². The molecule has 0 spiro atoms. The summed E-state index contributed by atoms with van der Waals surface area (Å²) in [6.07, 6.45) is 0. The molecule has 1 aromatic carbocycles. The van der Waals surface area contributed by atoms with Gasteiger partial charge in [0.25, 0.3) is 0 Å². The molecule has 1 aromatic heterocycles. The summed E-state index contributed by atoms with van der Waals surface area (Å²) < 4.78 is 13.7. The monoisotopic (exact) mass is 259 g/mol. The average Bonchev–Trinajstić information content (AvgIpc) is 2.37. The number of nitrogen functional groups attached to an aromatic ring is 1. The second-order valence-electron chi connectivity index (χ2n) is 4.12. The van der Waals surface area contributed by atoms with Gasteiger partial charge in [0, 0.05) is 12.7 Å². The third kappa shape index (κ3) is 2.67. The molecule has 6 heteroatoms. The maximum Gasteiger partial charge on any atom is 0.230 e. The highest BCUT2D eigenvalue weighted by atomic mass is 19.1.